The maximum Gasteiger partial charge on any atom is 0.191 e. The van der Waals surface area contributed by atoms with Crippen LogP contribution in [0.5, 0.6) is 11.5 Å². The molecule has 0 spiro atoms. The molecule has 27 heavy (non-hydrogen) atoms. The van der Waals surface area contributed by atoms with Crippen LogP contribution in [0.2, 0.25) is 0 Å². The molecule has 2 N–H and O–H groups in total. The summed E-state index contributed by atoms with van der Waals surface area (Å²) in [5.41, 5.74) is 1.23. The van der Waals surface area contributed by atoms with E-state index in [2.05, 4.69) is 35.5 Å². The lowest BCUT2D eigenvalue weighted by Crippen LogP contribution is -2.39. The Morgan fingerprint density at radius 1 is 1.04 bits per heavy atom. The molecule has 0 aliphatic heterocycles. The highest BCUT2D eigenvalue weighted by atomic mass is 127. The quantitative estimate of drug-likeness (QED) is 0.202. The summed E-state index contributed by atoms with van der Waals surface area (Å²) < 4.78 is 16.2. The third kappa shape index (κ3) is 11.3. The second-order valence-electron chi connectivity index (χ2n) is 6.51. The van der Waals surface area contributed by atoms with Gasteiger partial charge in [0, 0.05) is 26.7 Å². The minimum atomic E-state index is 0. The Morgan fingerprint density at radius 3 is 2.37 bits per heavy atom. The Labute approximate surface area is 181 Å². The Bertz CT molecular complexity index is 539. The van der Waals surface area contributed by atoms with Gasteiger partial charge in [0.05, 0.1) is 20.8 Å². The molecule has 0 radical (unpaired) electrons. The third-order valence-corrected chi connectivity index (χ3v) is 3.98. The molecule has 1 aromatic carbocycles. The zero-order valence-electron chi connectivity index (χ0n) is 17.3. The molecule has 1 aromatic rings. The summed E-state index contributed by atoms with van der Waals surface area (Å²) in [5.74, 6) is 3.02. The van der Waals surface area contributed by atoms with Crippen LogP contribution in [0.1, 0.15) is 32.3 Å². The van der Waals surface area contributed by atoms with Crippen molar-refractivity contribution in [3.63, 3.8) is 0 Å². The number of methoxy groups -OCH3 is 2. The van der Waals surface area contributed by atoms with Crippen molar-refractivity contribution in [1.29, 1.82) is 0 Å². The number of halogens is 1. The predicted molar refractivity (Wildman–Crippen MR) is 123 cm³/mol. The van der Waals surface area contributed by atoms with E-state index in [4.69, 9.17) is 14.2 Å². The molecule has 0 bridgehead atoms. The number of guanidine groups is 1. The largest absolute Gasteiger partial charge is 0.493 e. The molecule has 0 atom stereocenters. The molecule has 156 valence electrons. The number of nitrogens with one attached hydrogen (secondary N) is 2. The van der Waals surface area contributed by atoms with Crippen LogP contribution in [0.3, 0.4) is 0 Å². The summed E-state index contributed by atoms with van der Waals surface area (Å²) in [5, 5.41) is 6.59. The predicted octanol–water partition coefficient (Wildman–Crippen LogP) is 3.48. The van der Waals surface area contributed by atoms with E-state index in [0.717, 1.165) is 56.4 Å². The van der Waals surface area contributed by atoms with Gasteiger partial charge in [-0.05, 0) is 42.9 Å². The first-order valence-electron chi connectivity index (χ1n) is 9.33. The Kier molecular flexibility index (Phi) is 15.1. The number of ether oxygens (including phenoxy) is 3. The molecule has 0 aromatic heterocycles. The Balaban J connectivity index is 0.00000676. The van der Waals surface area contributed by atoms with Gasteiger partial charge in [-0.3, -0.25) is 4.99 Å². The first kappa shape index (κ1) is 25.8. The van der Waals surface area contributed by atoms with Gasteiger partial charge in [-0.25, -0.2) is 0 Å². The van der Waals surface area contributed by atoms with Gasteiger partial charge in [-0.1, -0.05) is 19.9 Å². The van der Waals surface area contributed by atoms with E-state index in [1.54, 1.807) is 21.3 Å². The average Bonchev–Trinajstić information content (AvgIpc) is 2.65. The summed E-state index contributed by atoms with van der Waals surface area (Å²) in [4.78, 5) is 4.23. The van der Waals surface area contributed by atoms with Crippen molar-refractivity contribution in [2.24, 2.45) is 10.9 Å². The Morgan fingerprint density at radius 2 is 1.74 bits per heavy atom. The van der Waals surface area contributed by atoms with Gasteiger partial charge in [-0.2, -0.15) is 0 Å². The van der Waals surface area contributed by atoms with Gasteiger partial charge in [-0.15, -0.1) is 24.0 Å². The smallest absolute Gasteiger partial charge is 0.191 e. The molecular formula is C20H36IN3O3. The number of benzene rings is 1. The minimum Gasteiger partial charge on any atom is -0.493 e. The SMILES string of the molecule is CN=C(NCCCc1ccc(OC)c(OC)c1)NCCOCCC(C)C.I. The number of rotatable bonds is 12. The van der Waals surface area contributed by atoms with Gasteiger partial charge in [0.15, 0.2) is 17.5 Å². The zero-order chi connectivity index (χ0) is 19.2. The fraction of sp³-hybridized carbons (Fsp3) is 0.650. The van der Waals surface area contributed by atoms with Crippen LogP contribution in [0.25, 0.3) is 0 Å². The maximum absolute atomic E-state index is 5.60. The summed E-state index contributed by atoms with van der Waals surface area (Å²) in [7, 11) is 5.09. The molecule has 0 fully saturated rings. The minimum absolute atomic E-state index is 0. The van der Waals surface area contributed by atoms with Crippen LogP contribution in [0.4, 0.5) is 0 Å². The van der Waals surface area contributed by atoms with E-state index >= 15 is 0 Å². The molecule has 0 amide bonds. The highest BCUT2D eigenvalue weighted by molar-refractivity contribution is 14.0. The van der Waals surface area contributed by atoms with E-state index in [9.17, 15) is 0 Å². The number of aryl methyl sites for hydroxylation is 1. The summed E-state index contributed by atoms with van der Waals surface area (Å²) >= 11 is 0. The average molecular weight is 493 g/mol. The molecule has 0 saturated carbocycles. The van der Waals surface area contributed by atoms with Crippen molar-refractivity contribution in [1.82, 2.24) is 10.6 Å². The maximum atomic E-state index is 5.60. The molecule has 1 rings (SSSR count). The highest BCUT2D eigenvalue weighted by Crippen LogP contribution is 2.27. The standard InChI is InChI=1S/C20H35N3O3.HI/c1-16(2)10-13-26-14-12-23-20(21-3)22-11-6-7-17-8-9-18(24-4)19(15-17)25-5;/h8-9,15-16H,6-7,10-14H2,1-5H3,(H2,21,22,23);1H. The van der Waals surface area contributed by atoms with Crippen molar-refractivity contribution < 1.29 is 14.2 Å². The molecule has 7 heteroatoms. The first-order chi connectivity index (χ1) is 12.6. The number of hydrogen-bond acceptors (Lipinski definition) is 4. The van der Waals surface area contributed by atoms with Gasteiger partial charge >= 0.3 is 0 Å². The normalized spacial score (nSPS) is 11.1. The van der Waals surface area contributed by atoms with Crippen molar-refractivity contribution in [3.8, 4) is 11.5 Å². The fourth-order valence-corrected chi connectivity index (χ4v) is 2.42. The fourth-order valence-electron chi connectivity index (χ4n) is 2.42. The van der Waals surface area contributed by atoms with E-state index in [-0.39, 0.29) is 24.0 Å². The van der Waals surface area contributed by atoms with Crippen molar-refractivity contribution in [2.45, 2.75) is 33.1 Å². The van der Waals surface area contributed by atoms with Crippen molar-refractivity contribution >= 4 is 29.9 Å². The van der Waals surface area contributed by atoms with Crippen LogP contribution < -0.4 is 20.1 Å². The highest BCUT2D eigenvalue weighted by Gasteiger charge is 2.04. The lowest BCUT2D eigenvalue weighted by Gasteiger charge is -2.13. The number of aliphatic imine (C=N–C) groups is 1. The van der Waals surface area contributed by atoms with E-state index < -0.39 is 0 Å². The summed E-state index contributed by atoms with van der Waals surface area (Å²) in [6.45, 7) is 7.52. The molecule has 0 aliphatic carbocycles. The van der Waals surface area contributed by atoms with Gasteiger partial charge in [0.25, 0.3) is 0 Å². The zero-order valence-corrected chi connectivity index (χ0v) is 19.7. The molecule has 6 nitrogen and oxygen atoms in total. The number of nitrogens with zero attached hydrogens (tertiary/aromatic N) is 1. The lowest BCUT2D eigenvalue weighted by molar-refractivity contribution is 0.128. The van der Waals surface area contributed by atoms with E-state index in [1.807, 2.05) is 12.1 Å². The molecule has 0 saturated heterocycles. The molecule has 0 aliphatic rings. The Hall–Kier alpha value is -1.22. The van der Waals surface area contributed by atoms with Crippen LogP contribution in [0, 0.1) is 5.92 Å². The van der Waals surface area contributed by atoms with Crippen molar-refractivity contribution in [3.05, 3.63) is 23.8 Å². The first-order valence-corrected chi connectivity index (χ1v) is 9.33. The van der Waals surface area contributed by atoms with Gasteiger partial charge < -0.3 is 24.8 Å². The monoisotopic (exact) mass is 493 g/mol. The molecule has 0 heterocycles. The lowest BCUT2D eigenvalue weighted by atomic mass is 10.1. The van der Waals surface area contributed by atoms with Crippen LogP contribution in [-0.4, -0.2) is 53.5 Å². The molecular weight excluding hydrogens is 457 g/mol. The van der Waals surface area contributed by atoms with E-state index in [0.29, 0.717) is 12.5 Å². The van der Waals surface area contributed by atoms with Crippen molar-refractivity contribution in [2.75, 3.05) is 47.6 Å². The summed E-state index contributed by atoms with van der Waals surface area (Å²) in [6.07, 6.45) is 3.06. The molecule has 0 unspecified atom stereocenters. The van der Waals surface area contributed by atoms with E-state index in [1.165, 1.54) is 5.56 Å². The second kappa shape index (κ2) is 15.8. The van der Waals surface area contributed by atoms with Gasteiger partial charge in [0.1, 0.15) is 0 Å². The van der Waals surface area contributed by atoms with Crippen LogP contribution in [0.15, 0.2) is 23.2 Å². The van der Waals surface area contributed by atoms with Gasteiger partial charge in [0.2, 0.25) is 0 Å². The van der Waals surface area contributed by atoms with Crippen LogP contribution >= 0.6 is 24.0 Å². The number of hydrogen-bond donors (Lipinski definition) is 2. The summed E-state index contributed by atoms with van der Waals surface area (Å²) in [6, 6.07) is 6.05. The van der Waals surface area contributed by atoms with Crippen LogP contribution in [-0.2, 0) is 11.2 Å². The second-order valence-corrected chi connectivity index (χ2v) is 6.51. The topological polar surface area (TPSA) is 64.1 Å². The third-order valence-electron chi connectivity index (χ3n) is 3.98.